The van der Waals surface area contributed by atoms with Crippen molar-refractivity contribution in [3.8, 4) is 6.07 Å². The van der Waals surface area contributed by atoms with Crippen molar-refractivity contribution in [1.82, 2.24) is 0 Å². The van der Waals surface area contributed by atoms with Crippen LogP contribution in [0.5, 0.6) is 0 Å². The van der Waals surface area contributed by atoms with Gasteiger partial charge in [-0.15, -0.1) is 0 Å². The first-order valence-corrected chi connectivity index (χ1v) is 5.43. The van der Waals surface area contributed by atoms with Crippen molar-refractivity contribution in [2.45, 2.75) is 46.5 Å². The monoisotopic (exact) mass is 203 g/mol. The van der Waals surface area contributed by atoms with Crippen molar-refractivity contribution >= 4 is 0 Å². The maximum Gasteiger partial charge on any atom is 0.0940 e. The number of allylic oxidation sites excluding steroid dienone is 5. The molecule has 0 spiro atoms. The van der Waals surface area contributed by atoms with Gasteiger partial charge >= 0.3 is 0 Å². The number of hydrogen-bond donors (Lipinski definition) is 0. The summed E-state index contributed by atoms with van der Waals surface area (Å²) in [5, 5.41) is 8.52. The second kappa shape index (κ2) is 8.05. The molecule has 0 aromatic rings. The van der Waals surface area contributed by atoms with Gasteiger partial charge in [-0.2, -0.15) is 5.26 Å². The summed E-state index contributed by atoms with van der Waals surface area (Å²) in [6.45, 7) is 10.0. The van der Waals surface area contributed by atoms with Crippen molar-refractivity contribution in [3.05, 3.63) is 35.5 Å². The minimum atomic E-state index is 0.670. The lowest BCUT2D eigenvalue weighted by Crippen LogP contribution is -1.80. The van der Waals surface area contributed by atoms with Gasteiger partial charge in [0.25, 0.3) is 0 Å². The molecule has 0 bridgehead atoms. The Kier molecular flexibility index (Phi) is 7.36. The summed E-state index contributed by atoms with van der Waals surface area (Å²) < 4.78 is 0. The molecule has 0 saturated carbocycles. The summed E-state index contributed by atoms with van der Waals surface area (Å²) in [6, 6.07) is 2.06. The molecule has 82 valence electrons. The average Bonchev–Trinajstić information content (AvgIpc) is 2.17. The van der Waals surface area contributed by atoms with Gasteiger partial charge < -0.3 is 0 Å². The first-order valence-electron chi connectivity index (χ1n) is 5.43. The van der Waals surface area contributed by atoms with Gasteiger partial charge in [0.15, 0.2) is 0 Å². The molecule has 1 heteroatoms. The highest BCUT2D eigenvalue weighted by Crippen LogP contribution is 2.10. The lowest BCUT2D eigenvalue weighted by atomic mass is 10.1. The second-order valence-electron chi connectivity index (χ2n) is 4.12. The van der Waals surface area contributed by atoms with Gasteiger partial charge in [-0.05, 0) is 46.5 Å². The van der Waals surface area contributed by atoms with Crippen LogP contribution in [0.4, 0.5) is 0 Å². The Morgan fingerprint density at radius 3 is 2.27 bits per heavy atom. The van der Waals surface area contributed by atoms with Crippen LogP contribution in [-0.4, -0.2) is 0 Å². The molecule has 0 amide bonds. The third-order valence-electron chi connectivity index (χ3n) is 2.19. The third kappa shape index (κ3) is 9.02. The van der Waals surface area contributed by atoms with E-state index in [1.54, 1.807) is 0 Å². The second-order valence-corrected chi connectivity index (χ2v) is 4.12. The summed E-state index contributed by atoms with van der Waals surface area (Å²) in [5.74, 6) is 0. The molecule has 0 heterocycles. The largest absolute Gasteiger partial charge is 0.193 e. The van der Waals surface area contributed by atoms with Crippen LogP contribution in [0.15, 0.2) is 35.5 Å². The van der Waals surface area contributed by atoms with E-state index in [2.05, 4.69) is 45.6 Å². The summed E-state index contributed by atoms with van der Waals surface area (Å²) in [6.07, 6.45) is 8.42. The molecule has 0 rings (SSSR count). The highest BCUT2D eigenvalue weighted by molar-refractivity contribution is 5.16. The smallest absolute Gasteiger partial charge is 0.0940 e. The van der Waals surface area contributed by atoms with Crippen LogP contribution < -0.4 is 0 Å². The van der Waals surface area contributed by atoms with E-state index >= 15 is 0 Å². The summed E-state index contributed by atoms with van der Waals surface area (Å²) in [5.41, 5.74) is 3.45. The van der Waals surface area contributed by atoms with E-state index in [0.29, 0.717) is 5.57 Å². The van der Waals surface area contributed by atoms with Crippen LogP contribution in [0.2, 0.25) is 0 Å². The van der Waals surface area contributed by atoms with Crippen LogP contribution in [0, 0.1) is 11.3 Å². The number of rotatable bonds is 6. The maximum absolute atomic E-state index is 8.52. The molecule has 0 radical (unpaired) electrons. The minimum Gasteiger partial charge on any atom is -0.193 e. The fourth-order valence-electron chi connectivity index (χ4n) is 1.24. The van der Waals surface area contributed by atoms with Crippen LogP contribution in [-0.2, 0) is 0 Å². The zero-order valence-electron chi connectivity index (χ0n) is 10.1. The molecule has 0 aliphatic carbocycles. The zero-order chi connectivity index (χ0) is 11.7. The van der Waals surface area contributed by atoms with Crippen molar-refractivity contribution < 1.29 is 0 Å². The molecule has 0 fully saturated rings. The SMILES string of the molecule is C=C(C#N)CCC=C(C)CCC=C(C)C. The Balaban J connectivity index is 3.76. The highest BCUT2D eigenvalue weighted by atomic mass is 14.2. The minimum absolute atomic E-state index is 0.670. The van der Waals surface area contributed by atoms with Crippen molar-refractivity contribution in [2.24, 2.45) is 0 Å². The molecular weight excluding hydrogens is 182 g/mol. The van der Waals surface area contributed by atoms with E-state index in [4.69, 9.17) is 5.26 Å². The Hall–Kier alpha value is -1.29. The van der Waals surface area contributed by atoms with E-state index in [9.17, 15) is 0 Å². The fraction of sp³-hybridized carbons (Fsp3) is 0.500. The summed E-state index contributed by atoms with van der Waals surface area (Å²) in [4.78, 5) is 0. The average molecular weight is 203 g/mol. The molecular formula is C14H21N. The molecule has 0 aromatic heterocycles. The summed E-state index contributed by atoms with van der Waals surface area (Å²) in [7, 11) is 0. The van der Waals surface area contributed by atoms with Crippen molar-refractivity contribution in [3.63, 3.8) is 0 Å². The Morgan fingerprint density at radius 1 is 1.13 bits per heavy atom. The predicted molar refractivity (Wildman–Crippen MR) is 66.4 cm³/mol. The standard InChI is InChI=1S/C14H21N/c1-12(2)7-5-8-13(3)9-6-10-14(4)11-15/h7,9H,4-6,8,10H2,1-3H3. The van der Waals surface area contributed by atoms with E-state index in [1.807, 2.05) is 0 Å². The topological polar surface area (TPSA) is 23.8 Å². The van der Waals surface area contributed by atoms with E-state index < -0.39 is 0 Å². The number of nitrogens with zero attached hydrogens (tertiary/aromatic N) is 1. The quantitative estimate of drug-likeness (QED) is 0.459. The van der Waals surface area contributed by atoms with Gasteiger partial charge in [-0.25, -0.2) is 0 Å². The molecule has 0 unspecified atom stereocenters. The number of hydrogen-bond acceptors (Lipinski definition) is 1. The van der Waals surface area contributed by atoms with Gasteiger partial charge in [-0.3, -0.25) is 0 Å². The molecule has 1 nitrogen and oxygen atoms in total. The van der Waals surface area contributed by atoms with E-state index in [1.165, 1.54) is 11.1 Å². The van der Waals surface area contributed by atoms with E-state index in [0.717, 1.165) is 25.7 Å². The summed E-state index contributed by atoms with van der Waals surface area (Å²) >= 11 is 0. The molecule has 0 N–H and O–H groups in total. The van der Waals surface area contributed by atoms with Gasteiger partial charge in [0.2, 0.25) is 0 Å². The number of nitriles is 1. The van der Waals surface area contributed by atoms with Gasteiger partial charge in [0, 0.05) is 5.57 Å². The first-order chi connectivity index (χ1) is 7.06. The molecule has 0 aliphatic rings. The van der Waals surface area contributed by atoms with Crippen LogP contribution in [0.3, 0.4) is 0 Å². The first kappa shape index (κ1) is 13.7. The molecule has 0 aromatic carbocycles. The van der Waals surface area contributed by atoms with Crippen LogP contribution in [0.25, 0.3) is 0 Å². The zero-order valence-corrected chi connectivity index (χ0v) is 10.1. The Labute approximate surface area is 93.8 Å². The maximum atomic E-state index is 8.52. The Morgan fingerprint density at radius 2 is 1.73 bits per heavy atom. The van der Waals surface area contributed by atoms with Crippen LogP contribution >= 0.6 is 0 Å². The third-order valence-corrected chi connectivity index (χ3v) is 2.19. The van der Waals surface area contributed by atoms with Crippen molar-refractivity contribution in [2.75, 3.05) is 0 Å². The predicted octanol–water partition coefficient (Wildman–Crippen LogP) is 4.54. The highest BCUT2D eigenvalue weighted by Gasteiger charge is 1.91. The van der Waals surface area contributed by atoms with Gasteiger partial charge in [-0.1, -0.05) is 29.9 Å². The fourth-order valence-corrected chi connectivity index (χ4v) is 1.24. The van der Waals surface area contributed by atoms with E-state index in [-0.39, 0.29) is 0 Å². The Bertz CT molecular complexity index is 296. The molecule has 0 aliphatic heterocycles. The molecule has 15 heavy (non-hydrogen) atoms. The van der Waals surface area contributed by atoms with Gasteiger partial charge in [0.05, 0.1) is 6.07 Å². The lowest BCUT2D eigenvalue weighted by Gasteiger charge is -1.99. The molecule has 0 saturated heterocycles. The lowest BCUT2D eigenvalue weighted by molar-refractivity contribution is 0.929. The van der Waals surface area contributed by atoms with Gasteiger partial charge in [0.1, 0.15) is 0 Å². The molecule has 0 atom stereocenters. The van der Waals surface area contributed by atoms with Crippen LogP contribution in [0.1, 0.15) is 46.5 Å². The normalized spacial score (nSPS) is 10.7. The van der Waals surface area contributed by atoms with Crippen molar-refractivity contribution in [1.29, 1.82) is 5.26 Å².